The van der Waals surface area contributed by atoms with E-state index >= 15 is 0 Å². The quantitative estimate of drug-likeness (QED) is 0.727. The number of fused-ring (bicyclic) bond motifs is 2. The summed E-state index contributed by atoms with van der Waals surface area (Å²) in [5, 5.41) is 1.01. The molecule has 148 valence electrons. The van der Waals surface area contributed by atoms with Gasteiger partial charge in [0, 0.05) is 37.1 Å². The van der Waals surface area contributed by atoms with Crippen molar-refractivity contribution in [3.8, 4) is 11.5 Å². The predicted octanol–water partition coefficient (Wildman–Crippen LogP) is 2.29. The maximum atomic E-state index is 12.8. The van der Waals surface area contributed by atoms with E-state index in [4.69, 9.17) is 9.47 Å². The normalized spacial score (nSPS) is 18.7. The van der Waals surface area contributed by atoms with Gasteiger partial charge in [-0.25, -0.2) is 0 Å². The van der Waals surface area contributed by atoms with Gasteiger partial charge in [-0.1, -0.05) is 30.3 Å². The molecular formula is C22H21N3O4. The summed E-state index contributed by atoms with van der Waals surface area (Å²) in [6.45, 7) is 2.14. The topological polar surface area (TPSA) is 74.9 Å². The maximum absolute atomic E-state index is 12.8. The van der Waals surface area contributed by atoms with E-state index in [1.165, 1.54) is 0 Å². The summed E-state index contributed by atoms with van der Waals surface area (Å²) < 4.78 is 11.5. The third-order valence-electron chi connectivity index (χ3n) is 5.42. The molecule has 0 saturated carbocycles. The molecule has 7 nitrogen and oxygen atoms in total. The van der Waals surface area contributed by atoms with Crippen LogP contribution in [-0.4, -0.2) is 65.5 Å². The van der Waals surface area contributed by atoms with Crippen molar-refractivity contribution in [2.45, 2.75) is 6.10 Å². The molecule has 1 saturated heterocycles. The molecule has 1 aromatic heterocycles. The molecular weight excluding hydrogens is 370 g/mol. The average molecular weight is 391 g/mol. The van der Waals surface area contributed by atoms with Crippen molar-refractivity contribution in [2.75, 3.05) is 32.8 Å². The second-order valence-corrected chi connectivity index (χ2v) is 7.25. The highest BCUT2D eigenvalue weighted by Crippen LogP contribution is 2.31. The number of piperazine rings is 1. The Bertz CT molecular complexity index is 1040. The van der Waals surface area contributed by atoms with Crippen LogP contribution in [0.4, 0.5) is 0 Å². The van der Waals surface area contributed by atoms with Crippen LogP contribution in [0, 0.1) is 0 Å². The molecule has 2 amide bonds. The van der Waals surface area contributed by atoms with Crippen LogP contribution in [0.5, 0.6) is 11.5 Å². The minimum atomic E-state index is -0.652. The lowest BCUT2D eigenvalue weighted by molar-refractivity contribution is -0.142. The molecule has 0 radical (unpaired) electrons. The van der Waals surface area contributed by atoms with Gasteiger partial charge in [0.1, 0.15) is 12.3 Å². The van der Waals surface area contributed by atoms with Gasteiger partial charge in [0.2, 0.25) is 6.10 Å². The van der Waals surface area contributed by atoms with E-state index in [0.29, 0.717) is 43.4 Å². The lowest BCUT2D eigenvalue weighted by atomic mass is 10.2. The number of carbonyl (C=O) groups excluding carboxylic acids is 2. The number of hydrogen-bond donors (Lipinski definition) is 1. The van der Waals surface area contributed by atoms with Crippen molar-refractivity contribution in [2.24, 2.45) is 0 Å². The molecule has 0 spiro atoms. The van der Waals surface area contributed by atoms with Gasteiger partial charge in [0.05, 0.1) is 0 Å². The Morgan fingerprint density at radius 1 is 0.897 bits per heavy atom. The predicted molar refractivity (Wildman–Crippen MR) is 107 cm³/mol. The first-order chi connectivity index (χ1) is 14.2. The van der Waals surface area contributed by atoms with Gasteiger partial charge >= 0.3 is 0 Å². The van der Waals surface area contributed by atoms with Crippen molar-refractivity contribution < 1.29 is 19.1 Å². The average Bonchev–Trinajstić information content (AvgIpc) is 3.22. The summed E-state index contributed by atoms with van der Waals surface area (Å²) in [4.78, 5) is 32.4. The number of aromatic nitrogens is 1. The molecule has 1 N–H and O–H groups in total. The summed E-state index contributed by atoms with van der Waals surface area (Å²) >= 11 is 0. The highest BCUT2D eigenvalue weighted by molar-refractivity contribution is 5.98. The van der Waals surface area contributed by atoms with E-state index in [0.717, 1.165) is 10.9 Å². The summed E-state index contributed by atoms with van der Waals surface area (Å²) in [5.74, 6) is 1.10. The Hall–Kier alpha value is -3.48. The fourth-order valence-electron chi connectivity index (χ4n) is 3.83. The van der Waals surface area contributed by atoms with Crippen LogP contribution in [-0.2, 0) is 4.79 Å². The molecule has 0 aliphatic carbocycles. The summed E-state index contributed by atoms with van der Waals surface area (Å²) in [5.41, 5.74) is 1.52. The molecule has 5 rings (SSSR count). The van der Waals surface area contributed by atoms with Crippen LogP contribution in [0.25, 0.3) is 10.9 Å². The molecule has 2 aromatic carbocycles. The molecule has 3 aromatic rings. The Kier molecular flexibility index (Phi) is 4.35. The Balaban J connectivity index is 1.21. The summed E-state index contributed by atoms with van der Waals surface area (Å²) in [6.07, 6.45) is -0.652. The molecule has 3 heterocycles. The highest BCUT2D eigenvalue weighted by atomic mass is 16.6. The summed E-state index contributed by atoms with van der Waals surface area (Å²) in [7, 11) is 0. The second-order valence-electron chi connectivity index (χ2n) is 7.25. The minimum absolute atomic E-state index is 0.0422. The number of nitrogens with zero attached hydrogens (tertiary/aromatic N) is 2. The van der Waals surface area contributed by atoms with Crippen molar-refractivity contribution in [1.29, 1.82) is 0 Å². The number of rotatable bonds is 2. The van der Waals surface area contributed by atoms with Crippen LogP contribution in [0.1, 0.15) is 10.5 Å². The van der Waals surface area contributed by atoms with E-state index in [-0.39, 0.29) is 18.4 Å². The molecule has 0 unspecified atom stereocenters. The first-order valence-electron chi connectivity index (χ1n) is 9.73. The zero-order chi connectivity index (χ0) is 19.8. The van der Waals surface area contributed by atoms with Crippen molar-refractivity contribution >= 4 is 22.7 Å². The first kappa shape index (κ1) is 17.6. The summed E-state index contributed by atoms with van der Waals surface area (Å²) in [6, 6.07) is 17.0. The maximum Gasteiger partial charge on any atom is 0.270 e. The van der Waals surface area contributed by atoms with Crippen LogP contribution in [0.2, 0.25) is 0 Å². The SMILES string of the molecule is O=C(c1cc2ccccc2[nH]1)N1CCN(C(=O)[C@H]2COc3ccccc3O2)CC1. The standard InChI is InChI=1S/C22H21N3O4/c26-21(17-13-15-5-1-2-6-16(15)23-17)24-9-11-25(12-10-24)22(27)20-14-28-18-7-3-4-8-19(18)29-20/h1-8,13,20,23H,9-12,14H2/t20-/m1/s1. The van der Waals surface area contributed by atoms with E-state index in [1.807, 2.05) is 48.5 Å². The molecule has 0 bridgehead atoms. The van der Waals surface area contributed by atoms with Crippen LogP contribution in [0.15, 0.2) is 54.6 Å². The van der Waals surface area contributed by atoms with Gasteiger partial charge in [0.25, 0.3) is 11.8 Å². The molecule has 29 heavy (non-hydrogen) atoms. The number of carbonyl (C=O) groups is 2. The monoisotopic (exact) mass is 391 g/mol. The molecule has 2 aliphatic rings. The van der Waals surface area contributed by atoms with Gasteiger partial charge in [0.15, 0.2) is 11.5 Å². The third-order valence-corrected chi connectivity index (χ3v) is 5.42. The van der Waals surface area contributed by atoms with Gasteiger partial charge in [-0.15, -0.1) is 0 Å². The lowest BCUT2D eigenvalue weighted by Crippen LogP contribution is -2.55. The molecule has 1 atom stereocenters. The first-order valence-corrected chi connectivity index (χ1v) is 9.73. The second kappa shape index (κ2) is 7.16. The van der Waals surface area contributed by atoms with Crippen LogP contribution < -0.4 is 9.47 Å². The highest BCUT2D eigenvalue weighted by Gasteiger charge is 2.33. The largest absolute Gasteiger partial charge is 0.485 e. The van der Waals surface area contributed by atoms with Gasteiger partial charge in [-0.05, 0) is 24.3 Å². The Morgan fingerprint density at radius 2 is 1.59 bits per heavy atom. The fourth-order valence-corrected chi connectivity index (χ4v) is 3.83. The van der Waals surface area contributed by atoms with E-state index < -0.39 is 6.10 Å². The number of hydrogen-bond acceptors (Lipinski definition) is 4. The van der Waals surface area contributed by atoms with E-state index in [1.54, 1.807) is 15.9 Å². The fraction of sp³-hybridized carbons (Fsp3) is 0.273. The Morgan fingerprint density at radius 3 is 2.38 bits per heavy atom. The van der Waals surface area contributed by atoms with Gasteiger partial charge in [-0.3, -0.25) is 9.59 Å². The van der Waals surface area contributed by atoms with Crippen LogP contribution in [0.3, 0.4) is 0 Å². The number of nitrogens with one attached hydrogen (secondary N) is 1. The zero-order valence-electron chi connectivity index (χ0n) is 15.8. The number of benzene rings is 2. The molecule has 2 aliphatic heterocycles. The zero-order valence-corrected chi connectivity index (χ0v) is 15.8. The number of H-pyrrole nitrogens is 1. The molecule has 7 heteroatoms. The minimum Gasteiger partial charge on any atom is -0.485 e. The van der Waals surface area contributed by atoms with Gasteiger partial charge in [-0.2, -0.15) is 0 Å². The number of para-hydroxylation sites is 3. The van der Waals surface area contributed by atoms with E-state index in [2.05, 4.69) is 4.98 Å². The van der Waals surface area contributed by atoms with Crippen LogP contribution >= 0.6 is 0 Å². The van der Waals surface area contributed by atoms with Crippen molar-refractivity contribution in [3.63, 3.8) is 0 Å². The molecule has 1 fully saturated rings. The number of aromatic amines is 1. The van der Waals surface area contributed by atoms with E-state index in [9.17, 15) is 9.59 Å². The Labute approximate surface area is 167 Å². The lowest BCUT2D eigenvalue weighted by Gasteiger charge is -2.37. The third kappa shape index (κ3) is 3.29. The van der Waals surface area contributed by atoms with Crippen molar-refractivity contribution in [3.05, 3.63) is 60.3 Å². The number of ether oxygens (including phenoxy) is 2. The number of amides is 2. The van der Waals surface area contributed by atoms with Crippen molar-refractivity contribution in [1.82, 2.24) is 14.8 Å². The smallest absolute Gasteiger partial charge is 0.270 e. The van der Waals surface area contributed by atoms with Gasteiger partial charge < -0.3 is 24.3 Å².